The average Bonchev–Trinajstić information content (AvgIpc) is 2.98. The normalized spacial score (nSPS) is 40.6. The third-order valence-corrected chi connectivity index (χ3v) is 9.20. The van der Waals surface area contributed by atoms with Gasteiger partial charge in [-0.05, 0) is 48.8 Å². The molecule has 4 rings (SSSR count). The standard InChI is InChI=1S/C28H36O8/c1-15-11-22-21-8-7-19-12-20(35-17(3)30)9-10-26(19,5)25(21)23(32)13-27(22,6)28(15,36-18(4)31)24(33)14-34-16(2)29/h7,9-10,12,15,21-23,25,32H,8,11,13-14H2,1-6H3/t15-,21-,22-,23-,25-,26-,27-,28-/m0/s1. The van der Waals surface area contributed by atoms with Crippen LogP contribution in [-0.2, 0) is 33.4 Å². The number of allylic oxidation sites excluding steroid dienone is 5. The molecule has 36 heavy (non-hydrogen) atoms. The van der Waals surface area contributed by atoms with Gasteiger partial charge in [0.2, 0.25) is 5.78 Å². The molecular formula is C28H36O8. The Kier molecular flexibility index (Phi) is 6.56. The SMILES string of the molecule is CC(=O)OCC(=O)[C@@]1(OC(C)=O)[C@@H](C)C[C@H]2[C@@H]3CC=C4C=C(OC(C)=O)C=C[C@]4(C)[C@@H]3[C@@H](O)C[C@@]21C. The lowest BCUT2D eigenvalue weighted by molar-refractivity contribution is -0.203. The van der Waals surface area contributed by atoms with Gasteiger partial charge in [-0.3, -0.25) is 19.2 Å². The molecule has 0 heterocycles. The van der Waals surface area contributed by atoms with Crippen LogP contribution in [0.3, 0.4) is 0 Å². The number of aliphatic hydroxyl groups excluding tert-OH is 1. The number of fused-ring (bicyclic) bond motifs is 5. The second kappa shape index (κ2) is 8.98. The lowest BCUT2D eigenvalue weighted by atomic mass is 9.47. The molecule has 0 spiro atoms. The molecule has 0 aromatic carbocycles. The second-order valence-electron chi connectivity index (χ2n) is 11.3. The first kappa shape index (κ1) is 26.3. The number of ketones is 1. The molecule has 0 unspecified atom stereocenters. The zero-order valence-corrected chi connectivity index (χ0v) is 21.8. The van der Waals surface area contributed by atoms with Crippen LogP contribution in [0.15, 0.2) is 35.6 Å². The molecule has 0 saturated heterocycles. The molecule has 196 valence electrons. The van der Waals surface area contributed by atoms with Gasteiger partial charge in [0.25, 0.3) is 0 Å². The molecule has 8 atom stereocenters. The Morgan fingerprint density at radius 3 is 2.39 bits per heavy atom. The maximum atomic E-state index is 13.7. The highest BCUT2D eigenvalue weighted by Crippen LogP contribution is 2.68. The maximum absolute atomic E-state index is 13.7. The fraction of sp³-hybridized carbons (Fsp3) is 0.643. The molecule has 2 fully saturated rings. The van der Waals surface area contributed by atoms with E-state index < -0.39 is 52.8 Å². The first-order valence-corrected chi connectivity index (χ1v) is 12.6. The van der Waals surface area contributed by atoms with Crippen molar-refractivity contribution in [3.05, 3.63) is 35.6 Å². The topological polar surface area (TPSA) is 116 Å². The molecule has 0 aromatic rings. The van der Waals surface area contributed by atoms with E-state index in [0.717, 1.165) is 5.57 Å². The van der Waals surface area contributed by atoms with Crippen LogP contribution in [0.2, 0.25) is 0 Å². The van der Waals surface area contributed by atoms with Gasteiger partial charge in [0.1, 0.15) is 5.76 Å². The summed E-state index contributed by atoms with van der Waals surface area (Å²) >= 11 is 0. The number of hydrogen-bond donors (Lipinski definition) is 1. The number of hydrogen-bond acceptors (Lipinski definition) is 8. The summed E-state index contributed by atoms with van der Waals surface area (Å²) in [7, 11) is 0. The third kappa shape index (κ3) is 3.85. The first-order chi connectivity index (χ1) is 16.8. The molecule has 0 bridgehead atoms. The van der Waals surface area contributed by atoms with Gasteiger partial charge in [0, 0.05) is 43.4 Å². The number of esters is 3. The Labute approximate surface area is 211 Å². The molecular weight excluding hydrogens is 464 g/mol. The van der Waals surface area contributed by atoms with Crippen molar-refractivity contribution in [3.63, 3.8) is 0 Å². The van der Waals surface area contributed by atoms with Gasteiger partial charge < -0.3 is 19.3 Å². The van der Waals surface area contributed by atoms with Crippen molar-refractivity contribution >= 4 is 23.7 Å². The summed E-state index contributed by atoms with van der Waals surface area (Å²) in [6.07, 6.45) is 8.57. The van der Waals surface area contributed by atoms with Crippen molar-refractivity contribution in [1.29, 1.82) is 0 Å². The number of rotatable bonds is 5. The lowest BCUT2D eigenvalue weighted by Gasteiger charge is -2.59. The zero-order chi connectivity index (χ0) is 26.6. The molecule has 4 aliphatic carbocycles. The number of Topliss-reactive ketones (excluding diaryl/α,β-unsaturated/α-hetero) is 1. The minimum absolute atomic E-state index is 0.0107. The van der Waals surface area contributed by atoms with E-state index in [0.29, 0.717) is 18.6 Å². The Balaban J connectivity index is 1.75. The van der Waals surface area contributed by atoms with Crippen LogP contribution >= 0.6 is 0 Å². The summed E-state index contributed by atoms with van der Waals surface area (Å²) in [5.74, 6) is -1.96. The van der Waals surface area contributed by atoms with Crippen LogP contribution in [0.5, 0.6) is 0 Å². The highest BCUT2D eigenvalue weighted by Gasteiger charge is 2.72. The number of carbonyl (C=O) groups excluding carboxylic acids is 4. The Bertz CT molecular complexity index is 1090. The van der Waals surface area contributed by atoms with Crippen molar-refractivity contribution in [3.8, 4) is 0 Å². The van der Waals surface area contributed by atoms with Crippen molar-refractivity contribution in [2.75, 3.05) is 6.61 Å². The molecule has 0 radical (unpaired) electrons. The molecule has 8 heteroatoms. The van der Waals surface area contributed by atoms with Crippen molar-refractivity contribution < 1.29 is 38.5 Å². The highest BCUT2D eigenvalue weighted by molar-refractivity contribution is 5.93. The largest absolute Gasteiger partial charge is 0.458 e. The zero-order valence-electron chi connectivity index (χ0n) is 21.8. The summed E-state index contributed by atoms with van der Waals surface area (Å²) in [6, 6.07) is 0. The van der Waals surface area contributed by atoms with E-state index in [1.54, 1.807) is 6.08 Å². The van der Waals surface area contributed by atoms with E-state index in [-0.39, 0.29) is 30.1 Å². The smallest absolute Gasteiger partial charge is 0.308 e. The van der Waals surface area contributed by atoms with E-state index >= 15 is 0 Å². The predicted octanol–water partition coefficient (Wildman–Crippen LogP) is 3.43. The number of aliphatic hydroxyl groups is 1. The molecule has 8 nitrogen and oxygen atoms in total. The number of ether oxygens (including phenoxy) is 3. The van der Waals surface area contributed by atoms with Crippen LogP contribution in [0, 0.1) is 34.5 Å². The molecule has 2 saturated carbocycles. The van der Waals surface area contributed by atoms with Crippen molar-refractivity contribution in [2.45, 2.75) is 72.5 Å². The predicted molar refractivity (Wildman–Crippen MR) is 129 cm³/mol. The van der Waals surface area contributed by atoms with E-state index in [4.69, 9.17) is 14.2 Å². The highest BCUT2D eigenvalue weighted by atomic mass is 16.6. The molecule has 1 N–H and O–H groups in total. The quantitative estimate of drug-likeness (QED) is 0.451. The van der Waals surface area contributed by atoms with Gasteiger partial charge >= 0.3 is 17.9 Å². The first-order valence-electron chi connectivity index (χ1n) is 12.6. The van der Waals surface area contributed by atoms with Gasteiger partial charge in [-0.2, -0.15) is 0 Å². The van der Waals surface area contributed by atoms with E-state index in [1.807, 2.05) is 26.0 Å². The molecule has 0 aromatic heterocycles. The van der Waals surface area contributed by atoms with Gasteiger partial charge in [-0.1, -0.05) is 32.9 Å². The monoisotopic (exact) mass is 500 g/mol. The van der Waals surface area contributed by atoms with E-state index in [1.165, 1.54) is 20.8 Å². The second-order valence-corrected chi connectivity index (χ2v) is 11.3. The summed E-state index contributed by atoms with van der Waals surface area (Å²) in [4.78, 5) is 48.9. The van der Waals surface area contributed by atoms with Gasteiger partial charge in [-0.25, -0.2) is 0 Å². The molecule has 4 aliphatic rings. The minimum atomic E-state index is -1.50. The Hall–Kier alpha value is -2.74. The van der Waals surface area contributed by atoms with Crippen LogP contribution in [0.25, 0.3) is 0 Å². The summed E-state index contributed by atoms with van der Waals surface area (Å²) in [5, 5.41) is 11.7. The van der Waals surface area contributed by atoms with Crippen molar-refractivity contribution in [1.82, 2.24) is 0 Å². The summed E-state index contributed by atoms with van der Waals surface area (Å²) in [5.41, 5.74) is -1.83. The summed E-state index contributed by atoms with van der Waals surface area (Å²) in [6.45, 7) is 9.32. The maximum Gasteiger partial charge on any atom is 0.308 e. The fourth-order valence-corrected chi connectivity index (χ4v) is 8.00. The van der Waals surface area contributed by atoms with Crippen LogP contribution < -0.4 is 0 Å². The fourth-order valence-electron chi connectivity index (χ4n) is 8.00. The van der Waals surface area contributed by atoms with E-state index in [9.17, 15) is 24.3 Å². The summed E-state index contributed by atoms with van der Waals surface area (Å²) < 4.78 is 16.2. The lowest BCUT2D eigenvalue weighted by Crippen LogP contribution is -2.64. The van der Waals surface area contributed by atoms with E-state index in [2.05, 4.69) is 13.0 Å². The van der Waals surface area contributed by atoms with Crippen molar-refractivity contribution in [2.24, 2.45) is 34.5 Å². The minimum Gasteiger partial charge on any atom is -0.458 e. The average molecular weight is 501 g/mol. The molecule has 0 amide bonds. The van der Waals surface area contributed by atoms with Crippen LogP contribution in [-0.4, -0.2) is 47.1 Å². The van der Waals surface area contributed by atoms with Gasteiger partial charge in [-0.15, -0.1) is 0 Å². The Morgan fingerprint density at radius 2 is 1.78 bits per heavy atom. The third-order valence-electron chi connectivity index (χ3n) is 9.20. The molecule has 0 aliphatic heterocycles. The van der Waals surface area contributed by atoms with Crippen LogP contribution in [0.4, 0.5) is 0 Å². The van der Waals surface area contributed by atoms with Crippen LogP contribution in [0.1, 0.15) is 60.8 Å². The number of carbonyl (C=O) groups is 4. The Morgan fingerprint density at radius 1 is 1.08 bits per heavy atom. The van der Waals surface area contributed by atoms with Gasteiger partial charge in [0.05, 0.1) is 6.10 Å². The van der Waals surface area contributed by atoms with Gasteiger partial charge in [0.15, 0.2) is 12.2 Å².